The predicted molar refractivity (Wildman–Crippen MR) is 44.0 cm³/mol. The summed E-state index contributed by atoms with van der Waals surface area (Å²) >= 11 is 0. The number of nitrogens with zero attached hydrogens (tertiary/aromatic N) is 1. The summed E-state index contributed by atoms with van der Waals surface area (Å²) in [6.45, 7) is 0. The van der Waals surface area contributed by atoms with E-state index in [1.165, 1.54) is 18.2 Å². The minimum Gasteiger partial charge on any atom is -0.423 e. The Morgan fingerprint density at radius 3 is 2.58 bits per heavy atom. The van der Waals surface area contributed by atoms with Gasteiger partial charge in [-0.25, -0.2) is 4.79 Å². The fourth-order valence-corrected chi connectivity index (χ4v) is 0.857. The van der Waals surface area contributed by atoms with Gasteiger partial charge in [0.15, 0.2) is 0 Å². The van der Waals surface area contributed by atoms with E-state index in [0.29, 0.717) is 0 Å². The highest BCUT2D eigenvalue weighted by molar-refractivity contribution is 6.60. The van der Waals surface area contributed by atoms with Crippen LogP contribution in [0.3, 0.4) is 0 Å². The summed E-state index contributed by atoms with van der Waals surface area (Å²) in [7, 11) is -1.61. The molecule has 0 amide bonds. The lowest BCUT2D eigenvalue weighted by Crippen LogP contribution is -2.29. The van der Waals surface area contributed by atoms with Crippen LogP contribution in [0, 0.1) is 0 Å². The highest BCUT2D eigenvalue weighted by Crippen LogP contribution is 2.06. The average molecular weight is 163 g/mol. The van der Waals surface area contributed by atoms with Crippen LogP contribution in [0.1, 0.15) is 0 Å². The topological polar surface area (TPSA) is 69.9 Å². The Morgan fingerprint density at radius 2 is 2.00 bits per heavy atom. The number of hydrogen-bond donors (Lipinski definition) is 2. The van der Waals surface area contributed by atoms with E-state index in [0.717, 1.165) is 0 Å². The Hall–Kier alpha value is -1.42. The molecule has 0 aliphatic rings. The highest BCUT2D eigenvalue weighted by Gasteiger charge is 2.14. The number of benzene rings is 1. The quantitative estimate of drug-likeness (QED) is 0.345. The maximum Gasteiger partial charge on any atom is 0.490 e. The van der Waals surface area contributed by atoms with Crippen molar-refractivity contribution in [2.75, 3.05) is 0 Å². The van der Waals surface area contributed by atoms with Gasteiger partial charge in [-0.3, -0.25) is 0 Å². The van der Waals surface area contributed by atoms with E-state index in [1.54, 1.807) is 12.1 Å². The first-order chi connectivity index (χ1) is 5.75. The number of rotatable bonds is 2. The Bertz CT molecular complexity index is 320. The molecule has 0 aromatic heterocycles. The second-order valence-electron chi connectivity index (χ2n) is 2.14. The van der Waals surface area contributed by atoms with Crippen molar-refractivity contribution in [3.05, 3.63) is 24.3 Å². The van der Waals surface area contributed by atoms with Crippen molar-refractivity contribution in [1.82, 2.24) is 0 Å². The zero-order valence-electron chi connectivity index (χ0n) is 6.14. The Balaban J connectivity index is 3.17. The lowest BCUT2D eigenvalue weighted by atomic mass is 9.79. The summed E-state index contributed by atoms with van der Waals surface area (Å²) < 4.78 is 0. The van der Waals surface area contributed by atoms with Crippen LogP contribution in [0.25, 0.3) is 0 Å². The van der Waals surface area contributed by atoms with Gasteiger partial charge in [0.2, 0.25) is 6.08 Å². The largest absolute Gasteiger partial charge is 0.490 e. The first-order valence-electron chi connectivity index (χ1n) is 3.28. The fraction of sp³-hybridized carbons (Fsp3) is 0. The van der Waals surface area contributed by atoms with Crippen LogP contribution in [0.5, 0.6) is 0 Å². The molecule has 2 N–H and O–H groups in total. The lowest BCUT2D eigenvalue weighted by Gasteiger charge is -2.00. The second-order valence-corrected chi connectivity index (χ2v) is 2.14. The molecule has 0 aliphatic carbocycles. The predicted octanol–water partition coefficient (Wildman–Crippen LogP) is -0.666. The summed E-state index contributed by atoms with van der Waals surface area (Å²) in [5, 5.41) is 17.6. The standard InChI is InChI=1S/C7H6BNO3/c10-5-9-7-4-2-1-3-6(7)8(11)12/h1-4,11-12H. The van der Waals surface area contributed by atoms with Crippen molar-refractivity contribution in [2.45, 2.75) is 0 Å². The van der Waals surface area contributed by atoms with Gasteiger partial charge in [0.25, 0.3) is 0 Å². The van der Waals surface area contributed by atoms with E-state index in [9.17, 15) is 4.79 Å². The van der Waals surface area contributed by atoms with Crippen LogP contribution in [0.15, 0.2) is 29.3 Å². The van der Waals surface area contributed by atoms with Gasteiger partial charge in [0, 0.05) is 5.46 Å². The second kappa shape index (κ2) is 3.83. The molecule has 60 valence electrons. The molecule has 12 heavy (non-hydrogen) atoms. The summed E-state index contributed by atoms with van der Waals surface area (Å²) in [4.78, 5) is 13.2. The fourth-order valence-electron chi connectivity index (χ4n) is 0.857. The number of isocyanates is 1. The molecule has 0 fully saturated rings. The third kappa shape index (κ3) is 1.80. The molecule has 0 unspecified atom stereocenters. The van der Waals surface area contributed by atoms with Crippen molar-refractivity contribution < 1.29 is 14.8 Å². The number of para-hydroxylation sites is 1. The van der Waals surface area contributed by atoms with Crippen LogP contribution < -0.4 is 5.46 Å². The van der Waals surface area contributed by atoms with Crippen LogP contribution in [-0.4, -0.2) is 23.2 Å². The zero-order chi connectivity index (χ0) is 8.97. The van der Waals surface area contributed by atoms with Gasteiger partial charge in [0.1, 0.15) is 0 Å². The van der Waals surface area contributed by atoms with Crippen molar-refractivity contribution in [3.63, 3.8) is 0 Å². The van der Waals surface area contributed by atoms with E-state index in [1.807, 2.05) is 0 Å². The van der Waals surface area contributed by atoms with Crippen molar-refractivity contribution in [3.8, 4) is 0 Å². The summed E-state index contributed by atoms with van der Waals surface area (Å²) in [5.41, 5.74) is 0.420. The molecule has 1 rings (SSSR count). The van der Waals surface area contributed by atoms with Gasteiger partial charge in [-0.15, -0.1) is 0 Å². The van der Waals surface area contributed by atoms with Crippen LogP contribution in [0.2, 0.25) is 0 Å². The van der Waals surface area contributed by atoms with E-state index in [-0.39, 0.29) is 11.2 Å². The number of carbonyl (C=O) groups excluding carboxylic acids is 1. The first kappa shape index (κ1) is 8.68. The summed E-state index contributed by atoms with van der Waals surface area (Å²) in [6, 6.07) is 6.24. The molecule has 0 spiro atoms. The Morgan fingerprint density at radius 1 is 1.33 bits per heavy atom. The van der Waals surface area contributed by atoms with Crippen molar-refractivity contribution in [2.24, 2.45) is 4.99 Å². The third-order valence-corrected chi connectivity index (χ3v) is 1.38. The van der Waals surface area contributed by atoms with Gasteiger partial charge in [-0.05, 0) is 6.07 Å². The molecule has 0 bridgehead atoms. The minimum atomic E-state index is -1.61. The molecule has 0 atom stereocenters. The van der Waals surface area contributed by atoms with Crippen molar-refractivity contribution >= 4 is 24.3 Å². The van der Waals surface area contributed by atoms with Gasteiger partial charge in [-0.1, -0.05) is 18.2 Å². The first-order valence-corrected chi connectivity index (χ1v) is 3.28. The van der Waals surface area contributed by atoms with Gasteiger partial charge >= 0.3 is 7.12 Å². The zero-order valence-corrected chi connectivity index (χ0v) is 6.14. The Labute approximate surface area is 69.3 Å². The number of hydrogen-bond acceptors (Lipinski definition) is 4. The molecule has 1 aromatic rings. The van der Waals surface area contributed by atoms with E-state index < -0.39 is 7.12 Å². The Kier molecular flexibility index (Phi) is 2.77. The molecule has 0 aliphatic heterocycles. The smallest absolute Gasteiger partial charge is 0.423 e. The van der Waals surface area contributed by atoms with Gasteiger partial charge < -0.3 is 10.0 Å². The SMILES string of the molecule is O=C=Nc1ccccc1B(O)O. The third-order valence-electron chi connectivity index (χ3n) is 1.38. The molecular formula is C7H6BNO3. The van der Waals surface area contributed by atoms with Crippen molar-refractivity contribution in [1.29, 1.82) is 0 Å². The summed E-state index contributed by atoms with van der Waals surface area (Å²) in [6.07, 6.45) is 1.33. The molecule has 1 aromatic carbocycles. The van der Waals surface area contributed by atoms with Crippen LogP contribution in [-0.2, 0) is 4.79 Å². The molecule has 0 heterocycles. The maximum absolute atomic E-state index is 9.89. The minimum absolute atomic E-state index is 0.195. The van der Waals surface area contributed by atoms with E-state index in [4.69, 9.17) is 10.0 Å². The molecular weight excluding hydrogens is 157 g/mol. The number of aliphatic imine (C=N–C) groups is 1. The molecule has 5 heteroatoms. The van der Waals surface area contributed by atoms with E-state index in [2.05, 4.69) is 4.99 Å². The average Bonchev–Trinajstić information content (AvgIpc) is 2.05. The van der Waals surface area contributed by atoms with Crippen LogP contribution in [0.4, 0.5) is 5.69 Å². The lowest BCUT2D eigenvalue weighted by molar-refractivity contribution is 0.426. The monoisotopic (exact) mass is 163 g/mol. The molecule has 0 radical (unpaired) electrons. The van der Waals surface area contributed by atoms with Crippen LogP contribution >= 0.6 is 0 Å². The van der Waals surface area contributed by atoms with Gasteiger partial charge in [-0.2, -0.15) is 4.99 Å². The maximum atomic E-state index is 9.89. The van der Waals surface area contributed by atoms with E-state index >= 15 is 0 Å². The molecule has 4 nitrogen and oxygen atoms in total. The molecule has 0 saturated heterocycles. The normalized spacial score (nSPS) is 8.83. The highest BCUT2D eigenvalue weighted by atomic mass is 16.4. The molecule has 0 saturated carbocycles. The van der Waals surface area contributed by atoms with Gasteiger partial charge in [0.05, 0.1) is 5.69 Å². The summed E-state index contributed by atoms with van der Waals surface area (Å²) in [5.74, 6) is 0.